The number of benzene rings is 1. The number of hydrogen-bond acceptors (Lipinski definition) is 5. The van der Waals surface area contributed by atoms with Gasteiger partial charge in [0.15, 0.2) is 0 Å². The van der Waals surface area contributed by atoms with Gasteiger partial charge in [0, 0.05) is 16.2 Å². The summed E-state index contributed by atoms with van der Waals surface area (Å²) in [6.07, 6.45) is 2.27. The summed E-state index contributed by atoms with van der Waals surface area (Å²) in [5, 5.41) is 5.35. The summed E-state index contributed by atoms with van der Waals surface area (Å²) >= 11 is 9.69. The van der Waals surface area contributed by atoms with Gasteiger partial charge in [0.1, 0.15) is 10.4 Å². The van der Waals surface area contributed by atoms with Crippen molar-refractivity contribution in [1.29, 1.82) is 0 Å². The minimum absolute atomic E-state index is 0.223. The molecule has 0 radical (unpaired) electrons. The van der Waals surface area contributed by atoms with Gasteiger partial charge in [0.25, 0.3) is 5.56 Å². The van der Waals surface area contributed by atoms with Crippen molar-refractivity contribution in [3.63, 3.8) is 0 Å². The van der Waals surface area contributed by atoms with Crippen LogP contribution in [-0.2, 0) is 17.1 Å². The Bertz CT molecular complexity index is 1080. The fraction of sp³-hybridized carbons (Fsp3) is 0.235. The molecule has 3 rings (SSSR count). The third kappa shape index (κ3) is 4.47. The fourth-order valence-electron chi connectivity index (χ4n) is 2.62. The van der Waals surface area contributed by atoms with Crippen LogP contribution in [0.15, 0.2) is 40.5 Å². The van der Waals surface area contributed by atoms with Gasteiger partial charge in [-0.1, -0.05) is 17.7 Å². The molecule has 1 aliphatic heterocycles. The summed E-state index contributed by atoms with van der Waals surface area (Å²) in [7, 11) is -2.04. The topological polar surface area (TPSA) is 80.2 Å². The minimum atomic E-state index is -3.63. The molecule has 144 valence electrons. The zero-order valence-electron chi connectivity index (χ0n) is 14.5. The lowest BCUT2D eigenvalue weighted by Crippen LogP contribution is -2.27. The predicted molar refractivity (Wildman–Crippen MR) is 122 cm³/mol. The van der Waals surface area contributed by atoms with Gasteiger partial charge in [0.2, 0.25) is 10.0 Å². The number of hydrogen-bond donors (Lipinski definition) is 2. The molecule has 10 heteroatoms. The largest absolute Gasteiger partial charge is 0.339 e. The first kappa shape index (κ1) is 20.6. The number of sulfonamides is 1. The van der Waals surface area contributed by atoms with Gasteiger partial charge in [-0.2, -0.15) is 0 Å². The van der Waals surface area contributed by atoms with Crippen LogP contribution in [0.1, 0.15) is 12.0 Å². The van der Waals surface area contributed by atoms with E-state index in [-0.39, 0.29) is 5.56 Å². The van der Waals surface area contributed by atoms with Crippen molar-refractivity contribution in [1.82, 2.24) is 4.57 Å². The molecule has 1 atom stereocenters. The van der Waals surface area contributed by atoms with E-state index >= 15 is 0 Å². The van der Waals surface area contributed by atoms with Crippen LogP contribution in [0.5, 0.6) is 0 Å². The molecule has 2 N–H and O–H groups in total. The van der Waals surface area contributed by atoms with Crippen LogP contribution in [-0.4, -0.2) is 17.6 Å². The average molecular weight is 538 g/mol. The highest BCUT2D eigenvalue weighted by molar-refractivity contribution is 14.1. The van der Waals surface area contributed by atoms with Crippen LogP contribution in [0.25, 0.3) is 0 Å². The number of rotatable bonds is 5. The molecule has 2 heterocycles. The molecule has 0 saturated carbocycles. The first-order chi connectivity index (χ1) is 12.7. The van der Waals surface area contributed by atoms with Crippen LogP contribution >= 0.6 is 46.0 Å². The zero-order valence-corrected chi connectivity index (χ0v) is 19.0. The van der Waals surface area contributed by atoms with E-state index in [9.17, 15) is 13.2 Å². The quantitative estimate of drug-likeness (QED) is 0.552. The van der Waals surface area contributed by atoms with Gasteiger partial charge < -0.3 is 5.32 Å². The van der Waals surface area contributed by atoms with Gasteiger partial charge in [0.05, 0.1) is 16.4 Å². The fourth-order valence-corrected chi connectivity index (χ4v) is 6.03. The molecular weight excluding hydrogens is 521 g/mol. The van der Waals surface area contributed by atoms with E-state index in [1.807, 2.05) is 12.1 Å². The highest BCUT2D eigenvalue weighted by Gasteiger charge is 2.28. The smallest absolute Gasteiger partial charge is 0.254 e. The van der Waals surface area contributed by atoms with E-state index in [4.69, 9.17) is 11.6 Å². The lowest BCUT2D eigenvalue weighted by molar-refractivity contribution is 0.598. The highest BCUT2D eigenvalue weighted by Crippen LogP contribution is 2.34. The molecule has 0 amide bonds. The van der Waals surface area contributed by atoms with Gasteiger partial charge in [-0.15, -0.1) is 11.8 Å². The lowest BCUT2D eigenvalue weighted by Gasteiger charge is -2.20. The SMILES string of the molecule is Cc1cc(NS(=O)(=O)C2CC=CS2)c(Nc2ccc(I)cc2Cl)n(C)c1=O. The number of halogens is 2. The number of allylic oxidation sites excluding steroid dienone is 1. The molecule has 2 aromatic rings. The van der Waals surface area contributed by atoms with Gasteiger partial charge in [-0.3, -0.25) is 14.1 Å². The van der Waals surface area contributed by atoms with Crippen LogP contribution in [0.2, 0.25) is 5.02 Å². The van der Waals surface area contributed by atoms with Crippen molar-refractivity contribution >= 4 is 73.2 Å². The van der Waals surface area contributed by atoms with E-state index in [0.717, 1.165) is 3.57 Å². The summed E-state index contributed by atoms with van der Waals surface area (Å²) in [4.78, 5) is 12.4. The second kappa shape index (κ2) is 8.06. The number of thioether (sulfide) groups is 1. The van der Waals surface area contributed by atoms with Crippen LogP contribution in [0.3, 0.4) is 0 Å². The van der Waals surface area contributed by atoms with Gasteiger partial charge >= 0.3 is 0 Å². The Morgan fingerprint density at radius 1 is 1.30 bits per heavy atom. The molecule has 0 fully saturated rings. The maximum atomic E-state index is 12.7. The van der Waals surface area contributed by atoms with Crippen LogP contribution in [0, 0.1) is 10.5 Å². The average Bonchev–Trinajstić information content (AvgIpc) is 3.13. The first-order valence-electron chi connectivity index (χ1n) is 7.94. The molecule has 1 unspecified atom stereocenters. The van der Waals surface area contributed by atoms with Crippen molar-refractivity contribution in [3.05, 3.63) is 60.3 Å². The van der Waals surface area contributed by atoms with Crippen LogP contribution in [0.4, 0.5) is 17.2 Å². The summed E-state index contributed by atoms with van der Waals surface area (Å²) in [5.74, 6) is 0.327. The number of pyridine rings is 1. The molecular formula is C17H17ClIN3O3S2. The Hall–Kier alpha value is -1.17. The first-order valence-corrected chi connectivity index (χ1v) is 11.9. The van der Waals surface area contributed by atoms with E-state index < -0.39 is 14.6 Å². The second-order valence-corrected chi connectivity index (χ2v) is 11.0. The number of anilines is 3. The Balaban J connectivity index is 2.04. The maximum absolute atomic E-state index is 12.7. The van der Waals surface area contributed by atoms with E-state index in [1.54, 1.807) is 31.5 Å². The molecule has 0 spiro atoms. The van der Waals surface area contributed by atoms with Gasteiger partial charge in [-0.05, 0) is 65.6 Å². The third-order valence-corrected chi connectivity index (χ3v) is 8.34. The van der Waals surface area contributed by atoms with Crippen LogP contribution < -0.4 is 15.6 Å². The van der Waals surface area contributed by atoms with Crippen molar-refractivity contribution in [2.75, 3.05) is 10.0 Å². The van der Waals surface area contributed by atoms with Crippen molar-refractivity contribution in [3.8, 4) is 0 Å². The molecule has 1 aromatic heterocycles. The summed E-state index contributed by atoms with van der Waals surface area (Å²) < 4.78 is 29.8. The Morgan fingerprint density at radius 3 is 2.67 bits per heavy atom. The summed E-state index contributed by atoms with van der Waals surface area (Å²) in [5.41, 5.74) is 1.09. The maximum Gasteiger partial charge on any atom is 0.254 e. The number of aromatic nitrogens is 1. The van der Waals surface area contributed by atoms with E-state index in [2.05, 4.69) is 32.6 Å². The van der Waals surface area contributed by atoms with Gasteiger partial charge in [-0.25, -0.2) is 8.42 Å². The third-order valence-electron chi connectivity index (χ3n) is 4.03. The molecule has 1 aliphatic rings. The molecule has 6 nitrogen and oxygen atoms in total. The Kier molecular flexibility index (Phi) is 6.14. The zero-order chi connectivity index (χ0) is 19.8. The Morgan fingerprint density at radius 2 is 2.04 bits per heavy atom. The summed E-state index contributed by atoms with van der Waals surface area (Å²) in [6.45, 7) is 1.65. The van der Waals surface area contributed by atoms with Crippen molar-refractivity contribution in [2.24, 2.45) is 7.05 Å². The lowest BCUT2D eigenvalue weighted by atomic mass is 10.2. The molecule has 0 saturated heterocycles. The predicted octanol–water partition coefficient (Wildman–Crippen LogP) is 4.41. The summed E-state index contributed by atoms with van der Waals surface area (Å²) in [6, 6.07) is 6.96. The monoisotopic (exact) mass is 537 g/mol. The molecule has 0 bridgehead atoms. The second-order valence-electron chi connectivity index (χ2n) is 6.02. The van der Waals surface area contributed by atoms with Crippen molar-refractivity contribution < 1.29 is 8.42 Å². The number of aryl methyl sites for hydroxylation is 1. The van der Waals surface area contributed by atoms with E-state index in [0.29, 0.717) is 34.2 Å². The standard InChI is InChI=1S/C17H17ClIN3O3S2/c1-10-8-14(21-27(24,25)15-4-3-7-26-15)16(22(2)17(10)23)20-13-6-5-11(19)9-12(13)18/h3,5-9,15,20-21H,4H2,1-2H3. The minimum Gasteiger partial charge on any atom is -0.339 e. The molecule has 1 aromatic carbocycles. The van der Waals surface area contributed by atoms with E-state index in [1.165, 1.54) is 22.4 Å². The molecule has 27 heavy (non-hydrogen) atoms. The van der Waals surface area contributed by atoms with Crippen molar-refractivity contribution in [2.45, 2.75) is 17.9 Å². The number of nitrogens with one attached hydrogen (secondary N) is 2. The Labute approximate surface area is 180 Å². The number of nitrogens with zero attached hydrogens (tertiary/aromatic N) is 1. The molecule has 0 aliphatic carbocycles. The normalized spacial score (nSPS) is 16.5. The highest BCUT2D eigenvalue weighted by atomic mass is 127.